The number of aryl methyl sites for hydroxylation is 1. The van der Waals surface area contributed by atoms with Crippen LogP contribution in [-0.2, 0) is 6.54 Å². The second-order valence-corrected chi connectivity index (χ2v) is 6.74. The van der Waals surface area contributed by atoms with Crippen LogP contribution in [0, 0.1) is 6.92 Å². The Morgan fingerprint density at radius 2 is 1.77 bits per heavy atom. The van der Waals surface area contributed by atoms with Crippen molar-refractivity contribution in [1.82, 2.24) is 9.97 Å². The average Bonchev–Trinajstić information content (AvgIpc) is 2.66. The molecule has 6 heteroatoms. The van der Waals surface area contributed by atoms with E-state index in [1.807, 2.05) is 31.2 Å². The van der Waals surface area contributed by atoms with Gasteiger partial charge in [-0.3, -0.25) is 0 Å². The molecule has 3 rings (SSSR count). The molecular weight excluding hydrogens is 328 g/mol. The predicted octanol–water partition coefficient (Wildman–Crippen LogP) is 4.16. The van der Waals surface area contributed by atoms with Gasteiger partial charge in [0.05, 0.1) is 14.2 Å². The number of hydrogen-bond acceptors (Lipinski definition) is 6. The smallest absolute Gasteiger partial charge is 0.225 e. The van der Waals surface area contributed by atoms with Gasteiger partial charge in [0.15, 0.2) is 11.5 Å². The van der Waals surface area contributed by atoms with Gasteiger partial charge >= 0.3 is 0 Å². The Morgan fingerprint density at radius 3 is 2.50 bits per heavy atom. The van der Waals surface area contributed by atoms with Crippen LogP contribution in [0.5, 0.6) is 11.5 Å². The SMILES string of the molecule is COc1ccc(CNc2nc(C)cc(NC3CCCCC3)n2)cc1OC. The van der Waals surface area contributed by atoms with Gasteiger partial charge in [-0.15, -0.1) is 0 Å². The number of hydrogen-bond donors (Lipinski definition) is 2. The van der Waals surface area contributed by atoms with Crippen LogP contribution in [0.4, 0.5) is 11.8 Å². The highest BCUT2D eigenvalue weighted by Gasteiger charge is 2.14. The van der Waals surface area contributed by atoms with Gasteiger partial charge in [-0.1, -0.05) is 25.3 Å². The number of methoxy groups -OCH3 is 2. The van der Waals surface area contributed by atoms with Crippen molar-refractivity contribution in [2.75, 3.05) is 24.9 Å². The minimum Gasteiger partial charge on any atom is -0.493 e. The van der Waals surface area contributed by atoms with Crippen molar-refractivity contribution < 1.29 is 9.47 Å². The van der Waals surface area contributed by atoms with Crippen molar-refractivity contribution in [3.63, 3.8) is 0 Å². The molecule has 140 valence electrons. The van der Waals surface area contributed by atoms with Gasteiger partial charge in [0, 0.05) is 24.3 Å². The lowest BCUT2D eigenvalue weighted by molar-refractivity contribution is 0.354. The molecular formula is C20H28N4O2. The maximum absolute atomic E-state index is 5.36. The first kappa shape index (κ1) is 18.3. The van der Waals surface area contributed by atoms with Crippen molar-refractivity contribution in [2.45, 2.75) is 51.6 Å². The Bertz CT molecular complexity index is 730. The third kappa shape index (κ3) is 4.77. The molecule has 0 atom stereocenters. The molecule has 0 radical (unpaired) electrons. The van der Waals surface area contributed by atoms with Crippen LogP contribution in [0.25, 0.3) is 0 Å². The summed E-state index contributed by atoms with van der Waals surface area (Å²) in [6.07, 6.45) is 6.38. The summed E-state index contributed by atoms with van der Waals surface area (Å²) in [5, 5.41) is 6.88. The van der Waals surface area contributed by atoms with E-state index in [1.165, 1.54) is 32.1 Å². The average molecular weight is 356 g/mol. The molecule has 2 N–H and O–H groups in total. The maximum Gasteiger partial charge on any atom is 0.225 e. The zero-order valence-corrected chi connectivity index (χ0v) is 15.8. The van der Waals surface area contributed by atoms with Crippen molar-refractivity contribution in [2.24, 2.45) is 0 Å². The fourth-order valence-electron chi connectivity index (χ4n) is 3.35. The Balaban J connectivity index is 1.66. The molecule has 1 fully saturated rings. The lowest BCUT2D eigenvalue weighted by Crippen LogP contribution is -2.23. The van der Waals surface area contributed by atoms with Gasteiger partial charge in [0.2, 0.25) is 5.95 Å². The van der Waals surface area contributed by atoms with Gasteiger partial charge < -0.3 is 20.1 Å². The minimum atomic E-state index is 0.525. The Kier molecular flexibility index (Phi) is 6.15. The van der Waals surface area contributed by atoms with Crippen LogP contribution in [0.1, 0.15) is 43.4 Å². The molecule has 1 saturated carbocycles. The lowest BCUT2D eigenvalue weighted by Gasteiger charge is -2.23. The molecule has 1 aromatic heterocycles. The highest BCUT2D eigenvalue weighted by Crippen LogP contribution is 2.28. The van der Waals surface area contributed by atoms with E-state index in [0.717, 1.165) is 28.6 Å². The first-order chi connectivity index (χ1) is 12.7. The molecule has 0 unspecified atom stereocenters. The topological polar surface area (TPSA) is 68.3 Å². The molecule has 0 aliphatic heterocycles. The van der Waals surface area contributed by atoms with Gasteiger partial charge in [-0.2, -0.15) is 4.98 Å². The van der Waals surface area contributed by atoms with Crippen LogP contribution >= 0.6 is 0 Å². The number of anilines is 2. The van der Waals surface area contributed by atoms with Crippen molar-refractivity contribution in [3.8, 4) is 11.5 Å². The Labute approximate surface area is 155 Å². The van der Waals surface area contributed by atoms with E-state index in [0.29, 0.717) is 18.5 Å². The second-order valence-electron chi connectivity index (χ2n) is 6.74. The molecule has 1 aliphatic rings. The van der Waals surface area contributed by atoms with Crippen LogP contribution in [0.3, 0.4) is 0 Å². The van der Waals surface area contributed by atoms with Crippen LogP contribution in [0.2, 0.25) is 0 Å². The first-order valence-electron chi connectivity index (χ1n) is 9.25. The lowest BCUT2D eigenvalue weighted by atomic mass is 9.95. The number of ether oxygens (including phenoxy) is 2. The van der Waals surface area contributed by atoms with Crippen LogP contribution in [0.15, 0.2) is 24.3 Å². The summed E-state index contributed by atoms with van der Waals surface area (Å²) < 4.78 is 10.6. The van der Waals surface area contributed by atoms with Crippen molar-refractivity contribution >= 4 is 11.8 Å². The van der Waals surface area contributed by atoms with Crippen molar-refractivity contribution in [1.29, 1.82) is 0 Å². The van der Waals surface area contributed by atoms with Gasteiger partial charge in [0.1, 0.15) is 5.82 Å². The van der Waals surface area contributed by atoms with Crippen LogP contribution in [-0.4, -0.2) is 30.2 Å². The first-order valence-corrected chi connectivity index (χ1v) is 9.25. The van der Waals surface area contributed by atoms with E-state index in [2.05, 4.69) is 20.6 Å². The highest BCUT2D eigenvalue weighted by atomic mass is 16.5. The number of rotatable bonds is 7. The Hall–Kier alpha value is -2.50. The Morgan fingerprint density at radius 1 is 1.00 bits per heavy atom. The van der Waals surface area contributed by atoms with E-state index in [-0.39, 0.29) is 0 Å². The van der Waals surface area contributed by atoms with E-state index in [9.17, 15) is 0 Å². The fourth-order valence-corrected chi connectivity index (χ4v) is 3.35. The number of benzene rings is 1. The van der Waals surface area contributed by atoms with E-state index >= 15 is 0 Å². The summed E-state index contributed by atoms with van der Waals surface area (Å²) in [5.41, 5.74) is 2.03. The largest absolute Gasteiger partial charge is 0.493 e. The summed E-state index contributed by atoms with van der Waals surface area (Å²) in [7, 11) is 3.28. The third-order valence-corrected chi connectivity index (χ3v) is 4.71. The molecule has 0 spiro atoms. The summed E-state index contributed by atoms with van der Waals surface area (Å²) in [6.45, 7) is 2.61. The minimum absolute atomic E-state index is 0.525. The van der Waals surface area contributed by atoms with Gasteiger partial charge in [-0.05, 0) is 37.5 Å². The number of aromatic nitrogens is 2. The third-order valence-electron chi connectivity index (χ3n) is 4.71. The summed E-state index contributed by atoms with van der Waals surface area (Å²) in [5.74, 6) is 2.98. The summed E-state index contributed by atoms with van der Waals surface area (Å²) in [6, 6.07) is 8.41. The van der Waals surface area contributed by atoms with Crippen LogP contribution < -0.4 is 20.1 Å². The van der Waals surface area contributed by atoms with E-state index in [4.69, 9.17) is 9.47 Å². The van der Waals surface area contributed by atoms with Gasteiger partial charge in [-0.25, -0.2) is 4.98 Å². The molecule has 26 heavy (non-hydrogen) atoms. The molecule has 0 saturated heterocycles. The molecule has 1 aromatic carbocycles. The standard InChI is InChI=1S/C20H28N4O2/c1-14-11-19(23-16-7-5-4-6-8-16)24-20(22-14)21-13-15-9-10-17(25-2)18(12-15)26-3/h9-12,16H,4-8,13H2,1-3H3,(H2,21,22,23,24). The maximum atomic E-state index is 5.36. The van der Waals surface area contributed by atoms with Crippen molar-refractivity contribution in [3.05, 3.63) is 35.5 Å². The molecule has 1 aliphatic carbocycles. The normalized spacial score (nSPS) is 14.7. The quantitative estimate of drug-likeness (QED) is 0.776. The number of nitrogens with one attached hydrogen (secondary N) is 2. The summed E-state index contributed by atoms with van der Waals surface area (Å²) in [4.78, 5) is 9.13. The zero-order chi connectivity index (χ0) is 18.4. The van der Waals surface area contributed by atoms with E-state index in [1.54, 1.807) is 14.2 Å². The fraction of sp³-hybridized carbons (Fsp3) is 0.500. The van der Waals surface area contributed by atoms with Gasteiger partial charge in [0.25, 0.3) is 0 Å². The molecule has 0 amide bonds. The molecule has 2 aromatic rings. The zero-order valence-electron chi connectivity index (χ0n) is 15.8. The predicted molar refractivity (Wildman–Crippen MR) is 104 cm³/mol. The number of nitrogens with zero attached hydrogens (tertiary/aromatic N) is 2. The summed E-state index contributed by atoms with van der Waals surface area (Å²) >= 11 is 0. The second kappa shape index (κ2) is 8.74. The highest BCUT2D eigenvalue weighted by molar-refractivity contribution is 5.45. The molecule has 6 nitrogen and oxygen atoms in total. The molecule has 0 bridgehead atoms. The molecule has 1 heterocycles. The van der Waals surface area contributed by atoms with E-state index < -0.39 is 0 Å². The monoisotopic (exact) mass is 356 g/mol.